The molecular weight excluding hydrogens is 354 g/mol. The maximum atomic E-state index is 14.4. The normalized spacial score (nSPS) is 19.6. The molecule has 0 bridgehead atoms. The van der Waals surface area contributed by atoms with E-state index >= 15 is 0 Å². The molecule has 0 unspecified atom stereocenters. The van der Waals surface area contributed by atoms with Crippen molar-refractivity contribution in [1.82, 2.24) is 0 Å². The molecular formula is C25H32F2O. The second-order valence-corrected chi connectivity index (χ2v) is 8.01. The van der Waals surface area contributed by atoms with E-state index in [0.29, 0.717) is 18.1 Å². The molecule has 0 saturated heterocycles. The van der Waals surface area contributed by atoms with Crippen molar-refractivity contribution in [2.45, 2.75) is 71.1 Å². The first-order valence-electron chi connectivity index (χ1n) is 10.8. The Morgan fingerprint density at radius 2 is 1.57 bits per heavy atom. The first-order chi connectivity index (χ1) is 13.6. The summed E-state index contributed by atoms with van der Waals surface area (Å²) in [5.41, 5.74) is 2.31. The van der Waals surface area contributed by atoms with Crippen LogP contribution in [0.4, 0.5) is 8.78 Å². The van der Waals surface area contributed by atoms with Gasteiger partial charge in [0.15, 0.2) is 11.6 Å². The molecule has 152 valence electrons. The lowest BCUT2D eigenvalue weighted by Crippen LogP contribution is -2.13. The quantitative estimate of drug-likeness (QED) is 0.419. The van der Waals surface area contributed by atoms with Gasteiger partial charge in [0.25, 0.3) is 0 Å². The van der Waals surface area contributed by atoms with Crippen molar-refractivity contribution >= 4 is 0 Å². The van der Waals surface area contributed by atoms with Crippen LogP contribution in [0.5, 0.6) is 5.75 Å². The van der Waals surface area contributed by atoms with E-state index in [4.69, 9.17) is 4.74 Å². The summed E-state index contributed by atoms with van der Waals surface area (Å²) in [6, 6.07) is 11.1. The highest BCUT2D eigenvalue weighted by atomic mass is 19.2. The molecule has 3 rings (SSSR count). The van der Waals surface area contributed by atoms with Gasteiger partial charge in [-0.2, -0.15) is 4.39 Å². The van der Waals surface area contributed by atoms with Gasteiger partial charge >= 0.3 is 0 Å². The van der Waals surface area contributed by atoms with Gasteiger partial charge in [-0.3, -0.25) is 0 Å². The predicted octanol–water partition coefficient (Wildman–Crippen LogP) is 7.88. The minimum Gasteiger partial charge on any atom is -0.491 e. The molecule has 1 fully saturated rings. The van der Waals surface area contributed by atoms with Crippen molar-refractivity contribution in [2.75, 3.05) is 6.61 Å². The molecule has 0 amide bonds. The van der Waals surface area contributed by atoms with E-state index in [1.807, 2.05) is 12.1 Å². The van der Waals surface area contributed by atoms with Crippen LogP contribution in [0.3, 0.4) is 0 Å². The number of halogens is 2. The minimum atomic E-state index is -0.912. The predicted molar refractivity (Wildman–Crippen MR) is 112 cm³/mol. The van der Waals surface area contributed by atoms with Crippen molar-refractivity contribution in [3.05, 3.63) is 53.6 Å². The van der Waals surface area contributed by atoms with Gasteiger partial charge < -0.3 is 4.74 Å². The Kier molecular flexibility index (Phi) is 7.47. The van der Waals surface area contributed by atoms with Crippen LogP contribution in [0.15, 0.2) is 36.4 Å². The smallest absolute Gasteiger partial charge is 0.201 e. The molecule has 0 aliphatic heterocycles. The standard InChI is InChI=1S/C25H32F2O/c1-3-5-6-7-18-8-10-19(11-9-18)20-12-14-21(15-13-20)22-16-17-23(28-4-2)25(27)24(22)26/h12-19H,3-11H2,1-2H3/t18-,19-. The van der Waals surface area contributed by atoms with E-state index in [9.17, 15) is 8.78 Å². The number of benzene rings is 2. The molecule has 28 heavy (non-hydrogen) atoms. The van der Waals surface area contributed by atoms with Crippen molar-refractivity contribution in [3.8, 4) is 16.9 Å². The summed E-state index contributed by atoms with van der Waals surface area (Å²) in [5.74, 6) is -0.298. The second-order valence-electron chi connectivity index (χ2n) is 8.01. The lowest BCUT2D eigenvalue weighted by Gasteiger charge is -2.29. The maximum absolute atomic E-state index is 14.4. The van der Waals surface area contributed by atoms with Crippen LogP contribution >= 0.6 is 0 Å². The average Bonchev–Trinajstić information content (AvgIpc) is 2.73. The lowest BCUT2D eigenvalue weighted by molar-refractivity contribution is 0.303. The van der Waals surface area contributed by atoms with Crippen LogP contribution in [0.2, 0.25) is 0 Å². The second kappa shape index (κ2) is 10.0. The molecule has 0 N–H and O–H groups in total. The summed E-state index contributed by atoms with van der Waals surface area (Å²) in [6.45, 7) is 4.32. The molecule has 1 aliphatic carbocycles. The Hall–Kier alpha value is -1.90. The number of hydrogen-bond acceptors (Lipinski definition) is 1. The van der Waals surface area contributed by atoms with Crippen molar-refractivity contribution in [1.29, 1.82) is 0 Å². The molecule has 0 spiro atoms. The van der Waals surface area contributed by atoms with Crippen molar-refractivity contribution < 1.29 is 13.5 Å². The molecule has 0 radical (unpaired) electrons. The summed E-state index contributed by atoms with van der Waals surface area (Å²) in [5, 5.41) is 0. The van der Waals surface area contributed by atoms with E-state index < -0.39 is 11.6 Å². The van der Waals surface area contributed by atoms with Crippen LogP contribution in [0.1, 0.15) is 76.7 Å². The van der Waals surface area contributed by atoms with Crippen molar-refractivity contribution in [2.24, 2.45) is 5.92 Å². The highest BCUT2D eigenvalue weighted by Gasteiger charge is 2.22. The summed E-state index contributed by atoms with van der Waals surface area (Å²) >= 11 is 0. The highest BCUT2D eigenvalue weighted by Crippen LogP contribution is 2.38. The molecule has 2 aromatic carbocycles. The van der Waals surface area contributed by atoms with Gasteiger partial charge in [0, 0.05) is 5.56 Å². The average molecular weight is 387 g/mol. The van der Waals surface area contributed by atoms with E-state index in [-0.39, 0.29) is 11.3 Å². The Morgan fingerprint density at radius 3 is 2.21 bits per heavy atom. The molecule has 1 nitrogen and oxygen atoms in total. The zero-order valence-corrected chi connectivity index (χ0v) is 17.1. The Bertz CT molecular complexity index is 746. The first kappa shape index (κ1) is 20.8. The molecule has 0 heterocycles. The minimum absolute atomic E-state index is 0.0314. The number of hydrogen-bond donors (Lipinski definition) is 0. The third-order valence-corrected chi connectivity index (χ3v) is 6.10. The largest absolute Gasteiger partial charge is 0.491 e. The number of rotatable bonds is 8. The molecule has 1 aliphatic rings. The van der Waals surface area contributed by atoms with E-state index in [2.05, 4.69) is 19.1 Å². The van der Waals surface area contributed by atoms with Gasteiger partial charge in [0.1, 0.15) is 0 Å². The van der Waals surface area contributed by atoms with Gasteiger partial charge in [0.2, 0.25) is 5.82 Å². The summed E-state index contributed by atoms with van der Waals surface area (Å²) in [4.78, 5) is 0. The van der Waals surface area contributed by atoms with Gasteiger partial charge in [-0.05, 0) is 67.7 Å². The monoisotopic (exact) mass is 386 g/mol. The van der Waals surface area contributed by atoms with Crippen LogP contribution in [0.25, 0.3) is 11.1 Å². The van der Waals surface area contributed by atoms with Gasteiger partial charge in [-0.15, -0.1) is 0 Å². The SMILES string of the molecule is CCCCC[C@H]1CC[C@H](c2ccc(-c3ccc(OCC)c(F)c3F)cc2)CC1. The summed E-state index contributed by atoms with van der Waals surface area (Å²) in [7, 11) is 0. The fourth-order valence-electron chi connectivity index (χ4n) is 4.42. The fraction of sp³-hybridized carbons (Fsp3) is 0.520. The van der Waals surface area contributed by atoms with Gasteiger partial charge in [0.05, 0.1) is 6.61 Å². The zero-order valence-electron chi connectivity index (χ0n) is 17.1. The van der Waals surface area contributed by atoms with Gasteiger partial charge in [-0.25, -0.2) is 4.39 Å². The number of unbranched alkanes of at least 4 members (excludes halogenated alkanes) is 2. The van der Waals surface area contributed by atoms with Crippen LogP contribution in [-0.2, 0) is 0 Å². The van der Waals surface area contributed by atoms with Crippen LogP contribution < -0.4 is 4.74 Å². The topological polar surface area (TPSA) is 9.23 Å². The maximum Gasteiger partial charge on any atom is 0.201 e. The molecule has 3 heteroatoms. The Labute approximate surface area is 168 Å². The zero-order chi connectivity index (χ0) is 19.9. The van der Waals surface area contributed by atoms with E-state index in [1.165, 1.54) is 63.0 Å². The number of ether oxygens (including phenoxy) is 1. The Morgan fingerprint density at radius 1 is 0.857 bits per heavy atom. The van der Waals surface area contributed by atoms with Crippen LogP contribution in [-0.4, -0.2) is 6.61 Å². The highest BCUT2D eigenvalue weighted by molar-refractivity contribution is 5.65. The fourth-order valence-corrected chi connectivity index (χ4v) is 4.42. The molecule has 1 saturated carbocycles. The third kappa shape index (κ3) is 4.92. The molecule has 0 atom stereocenters. The third-order valence-electron chi connectivity index (χ3n) is 6.10. The van der Waals surface area contributed by atoms with E-state index in [0.717, 1.165) is 5.92 Å². The Balaban J connectivity index is 1.64. The first-order valence-corrected chi connectivity index (χ1v) is 10.8. The summed E-state index contributed by atoms with van der Waals surface area (Å²) < 4.78 is 33.7. The van der Waals surface area contributed by atoms with Crippen LogP contribution in [0, 0.1) is 17.6 Å². The summed E-state index contributed by atoms with van der Waals surface area (Å²) in [6.07, 6.45) is 10.5. The van der Waals surface area contributed by atoms with Crippen molar-refractivity contribution in [3.63, 3.8) is 0 Å². The molecule has 0 aromatic heterocycles. The van der Waals surface area contributed by atoms with Gasteiger partial charge in [-0.1, -0.05) is 56.9 Å². The lowest BCUT2D eigenvalue weighted by atomic mass is 9.77. The van der Waals surface area contributed by atoms with E-state index in [1.54, 1.807) is 13.0 Å². The molecule has 2 aromatic rings.